The smallest absolute Gasteiger partial charge is 0.181 e. The van der Waals surface area contributed by atoms with E-state index >= 15 is 0 Å². The molecule has 1 aliphatic carbocycles. The average Bonchev–Trinajstić information content (AvgIpc) is 3.02. The van der Waals surface area contributed by atoms with Crippen LogP contribution in [0.25, 0.3) is 11.3 Å². The molecule has 4 heteroatoms. The summed E-state index contributed by atoms with van der Waals surface area (Å²) in [6.45, 7) is 0. The molecule has 1 saturated carbocycles. The Balaban J connectivity index is 1.68. The van der Waals surface area contributed by atoms with Crippen LogP contribution in [0, 0.1) is 0 Å². The molecule has 3 rings (SSSR count). The van der Waals surface area contributed by atoms with E-state index in [-0.39, 0.29) is 0 Å². The van der Waals surface area contributed by atoms with Crippen molar-refractivity contribution < 1.29 is 4.42 Å². The molecule has 0 bridgehead atoms. The van der Waals surface area contributed by atoms with Gasteiger partial charge >= 0.3 is 0 Å². The molecule has 1 aromatic heterocycles. The zero-order valence-corrected chi connectivity index (χ0v) is 10.2. The molecule has 0 saturated heterocycles. The standard InChI is InChI=1S/C14H17N3O/c15-11-3-6-13(7-11)17-12-4-1-10(2-5-12)14-8-16-9-18-14/h1-2,4-5,8-9,11,13,17H,3,6-7,15H2. The quantitative estimate of drug-likeness (QED) is 0.869. The molecule has 1 aliphatic rings. The first kappa shape index (κ1) is 11.3. The van der Waals surface area contributed by atoms with Crippen molar-refractivity contribution in [1.82, 2.24) is 4.98 Å². The lowest BCUT2D eigenvalue weighted by Crippen LogP contribution is -2.20. The normalized spacial score (nSPS) is 23.2. The zero-order chi connectivity index (χ0) is 12.4. The van der Waals surface area contributed by atoms with E-state index in [1.54, 1.807) is 6.20 Å². The van der Waals surface area contributed by atoms with E-state index in [0.717, 1.165) is 36.3 Å². The van der Waals surface area contributed by atoms with Gasteiger partial charge in [0.25, 0.3) is 0 Å². The summed E-state index contributed by atoms with van der Waals surface area (Å²) in [5, 5.41) is 3.52. The maximum atomic E-state index is 5.91. The summed E-state index contributed by atoms with van der Waals surface area (Å²) in [6, 6.07) is 9.09. The highest BCUT2D eigenvalue weighted by Gasteiger charge is 2.21. The van der Waals surface area contributed by atoms with Crippen molar-refractivity contribution in [2.75, 3.05) is 5.32 Å². The summed E-state index contributed by atoms with van der Waals surface area (Å²) in [6.07, 6.45) is 6.50. The lowest BCUT2D eigenvalue weighted by atomic mass is 10.1. The monoisotopic (exact) mass is 243 g/mol. The number of anilines is 1. The molecule has 2 atom stereocenters. The summed E-state index contributed by atoms with van der Waals surface area (Å²) >= 11 is 0. The number of nitrogens with two attached hydrogens (primary N) is 1. The van der Waals surface area contributed by atoms with Gasteiger partial charge in [0.15, 0.2) is 12.2 Å². The van der Waals surface area contributed by atoms with Crippen LogP contribution in [0.1, 0.15) is 19.3 Å². The third-order valence-electron chi connectivity index (χ3n) is 3.45. The number of aromatic nitrogens is 1. The molecule has 1 heterocycles. The molecular weight excluding hydrogens is 226 g/mol. The first-order chi connectivity index (χ1) is 8.81. The maximum absolute atomic E-state index is 5.91. The van der Waals surface area contributed by atoms with Crippen LogP contribution in [0.2, 0.25) is 0 Å². The van der Waals surface area contributed by atoms with Crippen LogP contribution in [0.5, 0.6) is 0 Å². The average molecular weight is 243 g/mol. The van der Waals surface area contributed by atoms with Crippen molar-refractivity contribution in [3.8, 4) is 11.3 Å². The van der Waals surface area contributed by atoms with Gasteiger partial charge < -0.3 is 15.5 Å². The number of nitrogens with one attached hydrogen (secondary N) is 1. The highest BCUT2D eigenvalue weighted by atomic mass is 16.3. The molecule has 1 fully saturated rings. The second-order valence-corrected chi connectivity index (χ2v) is 4.86. The van der Waals surface area contributed by atoms with Crippen LogP contribution in [0.4, 0.5) is 5.69 Å². The number of hydrogen-bond acceptors (Lipinski definition) is 4. The Labute approximate surface area is 106 Å². The van der Waals surface area contributed by atoms with Crippen LogP contribution in [-0.2, 0) is 0 Å². The van der Waals surface area contributed by atoms with Gasteiger partial charge in [-0.1, -0.05) is 0 Å². The Morgan fingerprint density at radius 2 is 2.06 bits per heavy atom. The molecule has 2 aromatic rings. The van der Waals surface area contributed by atoms with Gasteiger partial charge in [-0.15, -0.1) is 0 Å². The molecule has 0 amide bonds. The summed E-state index contributed by atoms with van der Waals surface area (Å²) in [7, 11) is 0. The number of rotatable bonds is 3. The van der Waals surface area contributed by atoms with E-state index in [1.165, 1.54) is 6.39 Å². The summed E-state index contributed by atoms with van der Waals surface area (Å²) in [4.78, 5) is 3.92. The molecular formula is C14H17N3O. The maximum Gasteiger partial charge on any atom is 0.181 e. The fourth-order valence-corrected chi connectivity index (χ4v) is 2.47. The van der Waals surface area contributed by atoms with E-state index in [9.17, 15) is 0 Å². The summed E-state index contributed by atoms with van der Waals surface area (Å²) in [5.41, 5.74) is 8.09. The van der Waals surface area contributed by atoms with Crippen molar-refractivity contribution in [1.29, 1.82) is 0 Å². The van der Waals surface area contributed by atoms with Crippen molar-refractivity contribution in [2.45, 2.75) is 31.3 Å². The predicted molar refractivity (Wildman–Crippen MR) is 71.2 cm³/mol. The van der Waals surface area contributed by atoms with Gasteiger partial charge in [0.05, 0.1) is 6.20 Å². The van der Waals surface area contributed by atoms with E-state index in [2.05, 4.69) is 22.4 Å². The minimum absolute atomic E-state index is 0.357. The minimum atomic E-state index is 0.357. The minimum Gasteiger partial charge on any atom is -0.444 e. The van der Waals surface area contributed by atoms with E-state index in [0.29, 0.717) is 12.1 Å². The van der Waals surface area contributed by atoms with Crippen molar-refractivity contribution >= 4 is 5.69 Å². The molecule has 2 unspecified atom stereocenters. The highest BCUT2D eigenvalue weighted by molar-refractivity contribution is 5.60. The molecule has 94 valence electrons. The van der Waals surface area contributed by atoms with Crippen LogP contribution < -0.4 is 11.1 Å². The number of nitrogens with zero attached hydrogens (tertiary/aromatic N) is 1. The van der Waals surface area contributed by atoms with Gasteiger partial charge in [0.2, 0.25) is 0 Å². The van der Waals surface area contributed by atoms with Gasteiger partial charge in [-0.25, -0.2) is 4.98 Å². The van der Waals surface area contributed by atoms with E-state index in [1.807, 2.05) is 12.1 Å². The molecule has 1 aromatic carbocycles. The van der Waals surface area contributed by atoms with Crippen molar-refractivity contribution in [2.24, 2.45) is 5.73 Å². The Morgan fingerprint density at radius 3 is 2.67 bits per heavy atom. The predicted octanol–water partition coefficient (Wildman–Crippen LogP) is 2.63. The van der Waals surface area contributed by atoms with Crippen LogP contribution >= 0.6 is 0 Å². The Morgan fingerprint density at radius 1 is 1.22 bits per heavy atom. The first-order valence-electron chi connectivity index (χ1n) is 6.32. The largest absolute Gasteiger partial charge is 0.444 e. The van der Waals surface area contributed by atoms with E-state index in [4.69, 9.17) is 10.2 Å². The molecule has 18 heavy (non-hydrogen) atoms. The van der Waals surface area contributed by atoms with Gasteiger partial charge in [-0.05, 0) is 43.5 Å². The van der Waals surface area contributed by atoms with Crippen molar-refractivity contribution in [3.63, 3.8) is 0 Å². The fourth-order valence-electron chi connectivity index (χ4n) is 2.47. The Hall–Kier alpha value is -1.81. The number of hydrogen-bond donors (Lipinski definition) is 2. The van der Waals surface area contributed by atoms with Gasteiger partial charge in [-0.2, -0.15) is 0 Å². The lowest BCUT2D eigenvalue weighted by Gasteiger charge is -2.13. The number of benzene rings is 1. The molecule has 3 N–H and O–H groups in total. The first-order valence-corrected chi connectivity index (χ1v) is 6.32. The molecule has 0 radical (unpaired) electrons. The van der Waals surface area contributed by atoms with Crippen LogP contribution in [-0.4, -0.2) is 17.1 Å². The summed E-state index contributed by atoms with van der Waals surface area (Å²) in [5.74, 6) is 0.796. The van der Waals surface area contributed by atoms with Crippen molar-refractivity contribution in [3.05, 3.63) is 36.9 Å². The highest BCUT2D eigenvalue weighted by Crippen LogP contribution is 2.24. The second-order valence-electron chi connectivity index (χ2n) is 4.86. The van der Waals surface area contributed by atoms with Gasteiger partial charge in [0, 0.05) is 23.3 Å². The summed E-state index contributed by atoms with van der Waals surface area (Å²) < 4.78 is 5.26. The molecule has 4 nitrogen and oxygen atoms in total. The van der Waals surface area contributed by atoms with Crippen LogP contribution in [0.3, 0.4) is 0 Å². The lowest BCUT2D eigenvalue weighted by molar-refractivity contribution is 0.572. The molecule has 0 spiro atoms. The van der Waals surface area contributed by atoms with Gasteiger partial charge in [-0.3, -0.25) is 0 Å². The molecule has 0 aliphatic heterocycles. The van der Waals surface area contributed by atoms with E-state index < -0.39 is 0 Å². The Bertz CT molecular complexity index is 492. The van der Waals surface area contributed by atoms with Crippen LogP contribution in [0.15, 0.2) is 41.3 Å². The SMILES string of the molecule is NC1CCC(Nc2ccc(-c3cnco3)cc2)C1. The zero-order valence-electron chi connectivity index (χ0n) is 10.2. The third kappa shape index (κ3) is 2.38. The number of oxazole rings is 1. The third-order valence-corrected chi connectivity index (χ3v) is 3.45. The fraction of sp³-hybridized carbons (Fsp3) is 0.357. The topological polar surface area (TPSA) is 64.1 Å². The van der Waals surface area contributed by atoms with Gasteiger partial charge in [0.1, 0.15) is 0 Å². The Kier molecular flexibility index (Phi) is 3.02. The second kappa shape index (κ2) is 4.82.